The predicted molar refractivity (Wildman–Crippen MR) is 84.2 cm³/mol. The highest BCUT2D eigenvalue weighted by Gasteiger charge is 2.06. The number of imidazole rings is 1. The highest BCUT2D eigenvalue weighted by Crippen LogP contribution is 2.20. The Morgan fingerprint density at radius 2 is 1.85 bits per heavy atom. The summed E-state index contributed by atoms with van der Waals surface area (Å²) in [5.74, 6) is 0. The third-order valence-corrected chi connectivity index (χ3v) is 3.59. The van der Waals surface area contributed by atoms with Crippen molar-refractivity contribution in [2.45, 2.75) is 13.5 Å². The number of fused-ring (bicyclic) bond motifs is 1. The van der Waals surface area contributed by atoms with Crippen LogP contribution in [0.3, 0.4) is 0 Å². The van der Waals surface area contributed by atoms with E-state index in [0.717, 1.165) is 6.54 Å². The van der Waals surface area contributed by atoms with Crippen LogP contribution in [0.25, 0.3) is 22.9 Å². The van der Waals surface area contributed by atoms with E-state index in [1.54, 1.807) is 0 Å². The van der Waals surface area contributed by atoms with Gasteiger partial charge in [-0.25, -0.2) is 9.13 Å². The van der Waals surface area contributed by atoms with Crippen LogP contribution in [-0.4, -0.2) is 4.57 Å². The van der Waals surface area contributed by atoms with Gasteiger partial charge in [0.2, 0.25) is 6.33 Å². The summed E-state index contributed by atoms with van der Waals surface area (Å²) >= 11 is 0. The molecule has 3 aromatic rings. The van der Waals surface area contributed by atoms with Gasteiger partial charge < -0.3 is 0 Å². The molecule has 20 heavy (non-hydrogen) atoms. The molecule has 0 aliphatic rings. The van der Waals surface area contributed by atoms with E-state index in [4.69, 9.17) is 0 Å². The molecule has 100 valence electrons. The first-order valence-electron chi connectivity index (χ1n) is 6.99. The molecule has 0 radical (unpaired) electrons. The second-order valence-corrected chi connectivity index (χ2v) is 5.02. The lowest BCUT2D eigenvalue weighted by atomic mass is 10.0. The van der Waals surface area contributed by atoms with E-state index < -0.39 is 0 Å². The van der Waals surface area contributed by atoms with E-state index in [0.29, 0.717) is 0 Å². The normalized spacial score (nSPS) is 11.5. The Morgan fingerprint density at radius 1 is 1.05 bits per heavy atom. The lowest BCUT2D eigenvalue weighted by Crippen LogP contribution is -2.23. The van der Waals surface area contributed by atoms with E-state index in [1.807, 2.05) is 0 Å². The molecule has 0 spiro atoms. The zero-order valence-electron chi connectivity index (χ0n) is 12.0. The Bertz CT molecular complexity index is 761. The van der Waals surface area contributed by atoms with Crippen molar-refractivity contribution >= 4 is 22.9 Å². The maximum Gasteiger partial charge on any atom is 0.244 e. The summed E-state index contributed by atoms with van der Waals surface area (Å²) in [4.78, 5) is 0. The molecular weight excluding hydrogens is 244 g/mol. The van der Waals surface area contributed by atoms with Gasteiger partial charge in [0.15, 0.2) is 5.69 Å². The van der Waals surface area contributed by atoms with Crippen molar-refractivity contribution in [3.05, 3.63) is 66.2 Å². The van der Waals surface area contributed by atoms with Gasteiger partial charge in [0.05, 0.1) is 13.6 Å². The van der Waals surface area contributed by atoms with Gasteiger partial charge >= 0.3 is 0 Å². The first-order valence-corrected chi connectivity index (χ1v) is 6.99. The molecule has 0 unspecified atom stereocenters. The van der Waals surface area contributed by atoms with Crippen LogP contribution in [0.15, 0.2) is 55.0 Å². The van der Waals surface area contributed by atoms with E-state index in [-0.39, 0.29) is 0 Å². The lowest BCUT2D eigenvalue weighted by Gasteiger charge is -2.01. The van der Waals surface area contributed by atoms with Crippen LogP contribution >= 0.6 is 0 Å². The summed E-state index contributed by atoms with van der Waals surface area (Å²) in [5, 5.41) is 2.58. The standard InChI is InChI=1S/C18H19N2/c1-3-20-14-19(2)13-17(20)12-11-16-9-6-8-15-7-4-5-10-18(15)16/h4-14H,3H2,1-2H3/q+1/b12-11+. The number of hydrogen-bond donors (Lipinski definition) is 0. The smallest absolute Gasteiger partial charge is 0.239 e. The lowest BCUT2D eigenvalue weighted by molar-refractivity contribution is -0.671. The molecule has 0 aliphatic heterocycles. The molecule has 0 saturated heterocycles. The first-order chi connectivity index (χ1) is 9.78. The zero-order valence-corrected chi connectivity index (χ0v) is 12.0. The van der Waals surface area contributed by atoms with Crippen molar-refractivity contribution in [3.8, 4) is 0 Å². The van der Waals surface area contributed by atoms with Crippen molar-refractivity contribution in [1.82, 2.24) is 4.57 Å². The predicted octanol–water partition coefficient (Wildman–Crippen LogP) is 3.66. The molecule has 0 atom stereocenters. The van der Waals surface area contributed by atoms with Crippen LogP contribution in [0.4, 0.5) is 0 Å². The molecule has 0 saturated carbocycles. The summed E-state index contributed by atoms with van der Waals surface area (Å²) in [6, 6.07) is 14.9. The molecule has 1 aromatic heterocycles. The van der Waals surface area contributed by atoms with Crippen molar-refractivity contribution < 1.29 is 4.57 Å². The average Bonchev–Trinajstić information content (AvgIpc) is 2.85. The molecule has 0 N–H and O–H groups in total. The second kappa shape index (κ2) is 5.33. The summed E-state index contributed by atoms with van der Waals surface area (Å²) in [6.07, 6.45) is 8.64. The third kappa shape index (κ3) is 2.37. The van der Waals surface area contributed by atoms with Gasteiger partial charge in [0.1, 0.15) is 6.20 Å². The minimum Gasteiger partial charge on any atom is -0.239 e. The average molecular weight is 263 g/mol. The van der Waals surface area contributed by atoms with E-state index in [1.165, 1.54) is 22.0 Å². The van der Waals surface area contributed by atoms with Crippen LogP contribution in [-0.2, 0) is 13.6 Å². The third-order valence-electron chi connectivity index (χ3n) is 3.59. The van der Waals surface area contributed by atoms with Crippen molar-refractivity contribution in [2.24, 2.45) is 7.05 Å². The minimum atomic E-state index is 0.982. The van der Waals surface area contributed by atoms with Gasteiger partial charge in [-0.15, -0.1) is 0 Å². The summed E-state index contributed by atoms with van der Waals surface area (Å²) in [6.45, 7) is 3.14. The molecule has 2 aromatic carbocycles. The van der Waals surface area contributed by atoms with Gasteiger partial charge in [-0.05, 0) is 29.3 Å². The Morgan fingerprint density at radius 3 is 2.70 bits per heavy atom. The first kappa shape index (κ1) is 12.7. The fourth-order valence-electron chi connectivity index (χ4n) is 2.58. The van der Waals surface area contributed by atoms with Gasteiger partial charge in [-0.3, -0.25) is 0 Å². The largest absolute Gasteiger partial charge is 0.244 e. The summed E-state index contributed by atoms with van der Waals surface area (Å²) in [7, 11) is 2.06. The molecule has 0 fully saturated rings. The molecule has 0 aliphatic carbocycles. The Balaban J connectivity index is 2.02. The van der Waals surface area contributed by atoms with Gasteiger partial charge in [0, 0.05) is 0 Å². The van der Waals surface area contributed by atoms with E-state index >= 15 is 0 Å². The minimum absolute atomic E-state index is 0.982. The zero-order chi connectivity index (χ0) is 13.9. The highest BCUT2D eigenvalue weighted by atomic mass is 15.1. The number of hydrogen-bond acceptors (Lipinski definition) is 0. The molecule has 2 heteroatoms. The van der Waals surface area contributed by atoms with Crippen molar-refractivity contribution in [3.63, 3.8) is 0 Å². The highest BCUT2D eigenvalue weighted by molar-refractivity contribution is 5.92. The topological polar surface area (TPSA) is 8.81 Å². The molecule has 3 rings (SSSR count). The molecule has 0 amide bonds. The molecule has 2 nitrogen and oxygen atoms in total. The van der Waals surface area contributed by atoms with E-state index in [2.05, 4.69) is 90.2 Å². The van der Waals surface area contributed by atoms with Crippen LogP contribution in [0, 0.1) is 0 Å². The fraction of sp³-hybridized carbons (Fsp3) is 0.167. The number of aryl methyl sites for hydroxylation is 2. The summed E-state index contributed by atoms with van der Waals surface area (Å²) < 4.78 is 4.33. The number of rotatable bonds is 3. The quantitative estimate of drug-likeness (QED) is 0.638. The molecule has 0 bridgehead atoms. The van der Waals surface area contributed by atoms with Crippen LogP contribution in [0.1, 0.15) is 18.2 Å². The molecule has 1 heterocycles. The van der Waals surface area contributed by atoms with Crippen molar-refractivity contribution in [1.29, 1.82) is 0 Å². The summed E-state index contributed by atoms with van der Waals surface area (Å²) in [5.41, 5.74) is 2.48. The Hall–Kier alpha value is -2.35. The number of nitrogens with zero attached hydrogens (tertiary/aromatic N) is 2. The Kier molecular flexibility index (Phi) is 3.38. The van der Waals surface area contributed by atoms with Crippen LogP contribution in [0.5, 0.6) is 0 Å². The number of benzene rings is 2. The SMILES string of the molecule is CCn1c[n+](C)cc1/C=C/c1cccc2ccccc12. The van der Waals surface area contributed by atoms with E-state index in [9.17, 15) is 0 Å². The number of aromatic nitrogens is 2. The fourth-order valence-corrected chi connectivity index (χ4v) is 2.58. The second-order valence-electron chi connectivity index (χ2n) is 5.02. The monoisotopic (exact) mass is 263 g/mol. The van der Waals surface area contributed by atoms with Gasteiger partial charge in [0.25, 0.3) is 0 Å². The Labute approximate surface area is 119 Å². The van der Waals surface area contributed by atoms with Gasteiger partial charge in [-0.2, -0.15) is 0 Å². The maximum absolute atomic E-state index is 2.24. The van der Waals surface area contributed by atoms with Crippen LogP contribution < -0.4 is 4.57 Å². The van der Waals surface area contributed by atoms with Gasteiger partial charge in [-0.1, -0.05) is 48.5 Å². The van der Waals surface area contributed by atoms with Crippen LogP contribution in [0.2, 0.25) is 0 Å². The maximum atomic E-state index is 2.24. The van der Waals surface area contributed by atoms with Crippen molar-refractivity contribution in [2.75, 3.05) is 0 Å². The molecular formula is C18H19N2+.